The van der Waals surface area contributed by atoms with Crippen molar-refractivity contribution < 1.29 is 9.59 Å². The number of nitrogens with one attached hydrogen (secondary N) is 1. The molecule has 2 aromatic carbocycles. The van der Waals surface area contributed by atoms with Crippen LogP contribution in [-0.4, -0.2) is 50.0 Å². The summed E-state index contributed by atoms with van der Waals surface area (Å²) < 4.78 is 1.68. The SMILES string of the molecule is Cc1ccc(NC(=O)CSCC(=O)N(C)C(C)c2ccc(-n3cncn3)cc2)cc1. The first-order valence-electron chi connectivity index (χ1n) is 9.59. The summed E-state index contributed by atoms with van der Waals surface area (Å²) in [4.78, 5) is 30.3. The van der Waals surface area contributed by atoms with Crippen molar-refractivity contribution in [1.29, 1.82) is 0 Å². The van der Waals surface area contributed by atoms with Gasteiger partial charge in [0.15, 0.2) is 0 Å². The summed E-state index contributed by atoms with van der Waals surface area (Å²) in [7, 11) is 1.78. The lowest BCUT2D eigenvalue weighted by atomic mass is 10.1. The van der Waals surface area contributed by atoms with Gasteiger partial charge < -0.3 is 10.2 Å². The molecule has 2 amide bonds. The average molecular weight is 424 g/mol. The summed E-state index contributed by atoms with van der Waals surface area (Å²) in [6.07, 6.45) is 3.13. The Balaban J connectivity index is 1.46. The zero-order valence-electron chi connectivity index (χ0n) is 17.3. The summed E-state index contributed by atoms with van der Waals surface area (Å²) in [5.74, 6) is 0.347. The minimum absolute atomic E-state index is 0.0176. The molecule has 1 heterocycles. The quantitative estimate of drug-likeness (QED) is 0.600. The van der Waals surface area contributed by atoms with Gasteiger partial charge in [-0.25, -0.2) is 9.67 Å². The molecule has 0 fully saturated rings. The van der Waals surface area contributed by atoms with E-state index in [4.69, 9.17) is 0 Å². The topological polar surface area (TPSA) is 80.1 Å². The average Bonchev–Trinajstić information content (AvgIpc) is 3.29. The molecule has 1 unspecified atom stereocenters. The molecule has 0 saturated heterocycles. The van der Waals surface area contributed by atoms with Crippen molar-refractivity contribution >= 4 is 29.3 Å². The van der Waals surface area contributed by atoms with Gasteiger partial charge in [0.25, 0.3) is 0 Å². The lowest BCUT2D eigenvalue weighted by Crippen LogP contribution is -2.31. The van der Waals surface area contributed by atoms with Crippen LogP contribution < -0.4 is 5.32 Å². The van der Waals surface area contributed by atoms with Crippen LogP contribution in [0.2, 0.25) is 0 Å². The molecular weight excluding hydrogens is 398 g/mol. The number of amides is 2. The molecule has 0 aliphatic rings. The summed E-state index contributed by atoms with van der Waals surface area (Å²) >= 11 is 1.31. The summed E-state index contributed by atoms with van der Waals surface area (Å²) in [6.45, 7) is 3.98. The van der Waals surface area contributed by atoms with Crippen LogP contribution >= 0.6 is 11.8 Å². The van der Waals surface area contributed by atoms with Crippen molar-refractivity contribution in [1.82, 2.24) is 19.7 Å². The van der Waals surface area contributed by atoms with Crippen molar-refractivity contribution in [2.24, 2.45) is 0 Å². The number of benzene rings is 2. The molecule has 1 N–H and O–H groups in total. The van der Waals surface area contributed by atoms with Crippen LogP contribution in [0.3, 0.4) is 0 Å². The molecule has 3 rings (SSSR count). The third-order valence-corrected chi connectivity index (χ3v) is 5.74. The van der Waals surface area contributed by atoms with Crippen molar-refractivity contribution in [3.8, 4) is 5.69 Å². The van der Waals surface area contributed by atoms with Crippen molar-refractivity contribution in [2.75, 3.05) is 23.9 Å². The van der Waals surface area contributed by atoms with Gasteiger partial charge in [0.05, 0.1) is 23.2 Å². The first kappa shape index (κ1) is 21.6. The summed E-state index contributed by atoms with van der Waals surface area (Å²) in [5.41, 5.74) is 3.83. The Kier molecular flexibility index (Phi) is 7.24. The van der Waals surface area contributed by atoms with Gasteiger partial charge >= 0.3 is 0 Å². The second kappa shape index (κ2) is 10.1. The predicted octanol–water partition coefficient (Wildman–Crippen LogP) is 3.47. The fourth-order valence-corrected chi connectivity index (χ4v) is 3.59. The van der Waals surface area contributed by atoms with Crippen LogP contribution in [0.15, 0.2) is 61.2 Å². The van der Waals surface area contributed by atoms with Gasteiger partial charge in [-0.1, -0.05) is 29.8 Å². The van der Waals surface area contributed by atoms with Gasteiger partial charge in [-0.3, -0.25) is 9.59 Å². The number of hydrogen-bond donors (Lipinski definition) is 1. The molecule has 0 aliphatic carbocycles. The Morgan fingerprint density at radius 1 is 1.10 bits per heavy atom. The van der Waals surface area contributed by atoms with Crippen LogP contribution in [0, 0.1) is 6.92 Å². The number of thioether (sulfide) groups is 1. The molecule has 8 heteroatoms. The minimum Gasteiger partial charge on any atom is -0.338 e. The molecule has 7 nitrogen and oxygen atoms in total. The van der Waals surface area contributed by atoms with E-state index in [9.17, 15) is 9.59 Å². The zero-order chi connectivity index (χ0) is 21.5. The second-order valence-electron chi connectivity index (χ2n) is 7.02. The molecule has 0 bridgehead atoms. The Hall–Kier alpha value is -3.13. The molecule has 0 radical (unpaired) electrons. The number of carbonyl (C=O) groups excluding carboxylic acids is 2. The highest BCUT2D eigenvalue weighted by molar-refractivity contribution is 8.00. The maximum atomic E-state index is 12.5. The highest BCUT2D eigenvalue weighted by atomic mass is 32.2. The van der Waals surface area contributed by atoms with Crippen molar-refractivity contribution in [2.45, 2.75) is 19.9 Å². The normalized spacial score (nSPS) is 11.7. The van der Waals surface area contributed by atoms with Crippen LogP contribution in [-0.2, 0) is 9.59 Å². The number of nitrogens with zero attached hydrogens (tertiary/aromatic N) is 4. The number of rotatable bonds is 8. The van der Waals surface area contributed by atoms with E-state index in [1.54, 1.807) is 23.0 Å². The van der Waals surface area contributed by atoms with Gasteiger partial charge in [0, 0.05) is 12.7 Å². The maximum Gasteiger partial charge on any atom is 0.234 e. The third-order valence-electron chi connectivity index (χ3n) is 4.83. The zero-order valence-corrected chi connectivity index (χ0v) is 18.1. The van der Waals surface area contributed by atoms with Gasteiger partial charge in [-0.15, -0.1) is 11.8 Å². The van der Waals surface area contributed by atoms with E-state index in [1.807, 2.05) is 62.4 Å². The molecule has 3 aromatic rings. The number of carbonyl (C=O) groups is 2. The fraction of sp³-hybridized carbons (Fsp3) is 0.273. The number of aromatic nitrogens is 3. The largest absolute Gasteiger partial charge is 0.338 e. The minimum atomic E-state index is -0.115. The Morgan fingerprint density at radius 2 is 1.80 bits per heavy atom. The van der Waals surface area contributed by atoms with E-state index in [1.165, 1.54) is 18.1 Å². The first-order chi connectivity index (χ1) is 14.4. The van der Waals surface area contributed by atoms with Crippen LogP contribution in [0.1, 0.15) is 24.1 Å². The van der Waals surface area contributed by atoms with Gasteiger partial charge in [-0.05, 0) is 43.7 Å². The summed E-state index contributed by atoms with van der Waals surface area (Å²) in [5, 5.41) is 6.95. The summed E-state index contributed by atoms with van der Waals surface area (Å²) in [6, 6.07) is 15.4. The molecule has 0 saturated carbocycles. The lowest BCUT2D eigenvalue weighted by molar-refractivity contribution is -0.128. The smallest absolute Gasteiger partial charge is 0.234 e. The Labute approximate surface area is 180 Å². The molecule has 0 spiro atoms. The van der Waals surface area contributed by atoms with E-state index < -0.39 is 0 Å². The van der Waals surface area contributed by atoms with Gasteiger partial charge in [0.1, 0.15) is 12.7 Å². The van der Waals surface area contributed by atoms with E-state index >= 15 is 0 Å². The maximum absolute atomic E-state index is 12.5. The molecule has 30 heavy (non-hydrogen) atoms. The van der Waals surface area contributed by atoms with Gasteiger partial charge in [-0.2, -0.15) is 5.10 Å². The van der Waals surface area contributed by atoms with E-state index in [0.717, 1.165) is 22.5 Å². The molecule has 0 aliphatic heterocycles. The first-order valence-corrected chi connectivity index (χ1v) is 10.7. The Morgan fingerprint density at radius 3 is 2.43 bits per heavy atom. The van der Waals surface area contributed by atoms with E-state index in [0.29, 0.717) is 0 Å². The molecule has 1 aromatic heterocycles. The molecule has 1 atom stereocenters. The van der Waals surface area contributed by atoms with E-state index in [2.05, 4.69) is 15.4 Å². The van der Waals surface area contributed by atoms with Crippen LogP contribution in [0.4, 0.5) is 5.69 Å². The number of aryl methyl sites for hydroxylation is 1. The standard InChI is InChI=1S/C22H25N5O2S/c1-16-4-8-19(9-5-16)25-21(28)12-30-13-22(29)26(3)17(2)18-6-10-20(11-7-18)27-15-23-14-24-27/h4-11,14-15,17H,12-13H2,1-3H3,(H,25,28). The molecule has 156 valence electrons. The monoisotopic (exact) mass is 423 g/mol. The third kappa shape index (κ3) is 5.70. The second-order valence-corrected chi connectivity index (χ2v) is 8.00. The highest BCUT2D eigenvalue weighted by Crippen LogP contribution is 2.21. The van der Waals surface area contributed by atoms with E-state index in [-0.39, 0.29) is 29.4 Å². The number of hydrogen-bond acceptors (Lipinski definition) is 5. The van der Waals surface area contributed by atoms with Crippen molar-refractivity contribution in [3.63, 3.8) is 0 Å². The lowest BCUT2D eigenvalue weighted by Gasteiger charge is -2.25. The molecular formula is C22H25N5O2S. The highest BCUT2D eigenvalue weighted by Gasteiger charge is 2.18. The number of anilines is 1. The Bertz CT molecular complexity index is 972. The van der Waals surface area contributed by atoms with Gasteiger partial charge in [0.2, 0.25) is 11.8 Å². The predicted molar refractivity (Wildman–Crippen MR) is 120 cm³/mol. The van der Waals surface area contributed by atoms with Crippen LogP contribution in [0.25, 0.3) is 5.69 Å². The fourth-order valence-electron chi connectivity index (χ4n) is 2.85. The van der Waals surface area contributed by atoms with Crippen molar-refractivity contribution in [3.05, 3.63) is 72.3 Å². The van der Waals surface area contributed by atoms with Crippen LogP contribution in [0.5, 0.6) is 0 Å².